The van der Waals surface area contributed by atoms with Gasteiger partial charge >= 0.3 is 0 Å². The normalized spacial score (nSPS) is 16.2. The van der Waals surface area contributed by atoms with Crippen LogP contribution in [-0.4, -0.2) is 42.2 Å². The van der Waals surface area contributed by atoms with Crippen LogP contribution in [0, 0.1) is 0 Å². The maximum atomic E-state index is 5.96. The zero-order valence-corrected chi connectivity index (χ0v) is 15.5. The lowest BCUT2D eigenvalue weighted by Gasteiger charge is -2.15. The van der Waals surface area contributed by atoms with Gasteiger partial charge in [0, 0.05) is 26.4 Å². The summed E-state index contributed by atoms with van der Waals surface area (Å²) >= 11 is 0. The fourth-order valence-corrected chi connectivity index (χ4v) is 3.39. The van der Waals surface area contributed by atoms with Gasteiger partial charge in [-0.05, 0) is 30.2 Å². The molecular formula is C21H25N5O. The van der Waals surface area contributed by atoms with Crippen molar-refractivity contribution in [3.8, 4) is 5.75 Å². The smallest absolute Gasteiger partial charge is 0.191 e. The molecule has 0 fully saturated rings. The van der Waals surface area contributed by atoms with E-state index in [0.29, 0.717) is 0 Å². The van der Waals surface area contributed by atoms with Gasteiger partial charge in [0.05, 0.1) is 17.6 Å². The van der Waals surface area contributed by atoms with Crippen LogP contribution in [-0.2, 0) is 12.8 Å². The van der Waals surface area contributed by atoms with Crippen LogP contribution in [0.5, 0.6) is 5.75 Å². The van der Waals surface area contributed by atoms with Crippen LogP contribution in [0.15, 0.2) is 53.5 Å². The van der Waals surface area contributed by atoms with Gasteiger partial charge in [-0.1, -0.05) is 30.3 Å². The van der Waals surface area contributed by atoms with Crippen LogP contribution in [0.4, 0.5) is 0 Å². The van der Waals surface area contributed by atoms with E-state index < -0.39 is 0 Å². The number of aromatic amines is 1. The minimum atomic E-state index is 0.150. The van der Waals surface area contributed by atoms with Crippen molar-refractivity contribution in [2.45, 2.75) is 25.4 Å². The molecule has 1 unspecified atom stereocenters. The number of ether oxygens (including phenoxy) is 1. The molecule has 2 heterocycles. The van der Waals surface area contributed by atoms with E-state index in [-0.39, 0.29) is 6.10 Å². The molecule has 140 valence electrons. The second-order valence-electron chi connectivity index (χ2n) is 6.74. The number of para-hydroxylation sites is 3. The molecule has 1 aliphatic heterocycles. The minimum Gasteiger partial charge on any atom is -0.488 e. The van der Waals surface area contributed by atoms with Crippen LogP contribution < -0.4 is 15.4 Å². The summed E-state index contributed by atoms with van der Waals surface area (Å²) in [5.74, 6) is 2.83. The van der Waals surface area contributed by atoms with Gasteiger partial charge in [0.1, 0.15) is 17.7 Å². The summed E-state index contributed by atoms with van der Waals surface area (Å²) in [6.07, 6.45) is 2.97. The summed E-state index contributed by atoms with van der Waals surface area (Å²) in [6, 6.07) is 16.3. The first kappa shape index (κ1) is 17.4. The Kier molecular flexibility index (Phi) is 5.23. The average molecular weight is 363 g/mol. The van der Waals surface area contributed by atoms with E-state index in [4.69, 9.17) is 4.74 Å². The Hall–Kier alpha value is -3.02. The third-order valence-electron chi connectivity index (χ3n) is 4.76. The summed E-state index contributed by atoms with van der Waals surface area (Å²) in [6.45, 7) is 1.57. The molecule has 1 atom stereocenters. The number of hydrogen-bond acceptors (Lipinski definition) is 3. The number of guanidine groups is 1. The highest BCUT2D eigenvalue weighted by Crippen LogP contribution is 2.27. The van der Waals surface area contributed by atoms with Gasteiger partial charge in [0.2, 0.25) is 0 Å². The quantitative estimate of drug-likeness (QED) is 0.358. The molecule has 0 bridgehead atoms. The summed E-state index contributed by atoms with van der Waals surface area (Å²) in [5, 5.41) is 6.72. The molecule has 6 heteroatoms. The number of nitrogens with one attached hydrogen (secondary N) is 3. The van der Waals surface area contributed by atoms with Gasteiger partial charge < -0.3 is 20.4 Å². The molecule has 0 saturated carbocycles. The Morgan fingerprint density at radius 2 is 2.04 bits per heavy atom. The number of fused-ring (bicyclic) bond motifs is 2. The van der Waals surface area contributed by atoms with E-state index in [1.165, 1.54) is 5.56 Å². The van der Waals surface area contributed by atoms with Gasteiger partial charge in [-0.15, -0.1) is 0 Å². The van der Waals surface area contributed by atoms with E-state index >= 15 is 0 Å². The van der Waals surface area contributed by atoms with Gasteiger partial charge in [-0.3, -0.25) is 4.99 Å². The maximum Gasteiger partial charge on any atom is 0.191 e. The van der Waals surface area contributed by atoms with Gasteiger partial charge in [0.25, 0.3) is 0 Å². The number of H-pyrrole nitrogens is 1. The number of nitrogens with zero attached hydrogens (tertiary/aromatic N) is 2. The largest absolute Gasteiger partial charge is 0.488 e. The zero-order valence-electron chi connectivity index (χ0n) is 15.5. The number of hydrogen-bond donors (Lipinski definition) is 3. The van der Waals surface area contributed by atoms with Crippen molar-refractivity contribution in [1.29, 1.82) is 0 Å². The Morgan fingerprint density at radius 3 is 2.89 bits per heavy atom. The lowest BCUT2D eigenvalue weighted by Crippen LogP contribution is -2.42. The molecule has 27 heavy (non-hydrogen) atoms. The molecule has 0 radical (unpaired) electrons. The Balaban J connectivity index is 1.18. The van der Waals surface area contributed by atoms with E-state index in [9.17, 15) is 0 Å². The first-order chi connectivity index (χ1) is 13.3. The van der Waals surface area contributed by atoms with Crippen molar-refractivity contribution >= 4 is 17.0 Å². The van der Waals surface area contributed by atoms with Gasteiger partial charge in [-0.2, -0.15) is 0 Å². The third kappa shape index (κ3) is 4.22. The monoisotopic (exact) mass is 363 g/mol. The predicted octanol–water partition coefficient (Wildman–Crippen LogP) is 2.66. The molecule has 4 rings (SSSR count). The number of aryl methyl sites for hydroxylation is 1. The van der Waals surface area contributed by atoms with Crippen molar-refractivity contribution in [2.75, 3.05) is 20.1 Å². The molecule has 6 nitrogen and oxygen atoms in total. The summed E-state index contributed by atoms with van der Waals surface area (Å²) in [7, 11) is 1.79. The van der Waals surface area contributed by atoms with Crippen LogP contribution in [0.2, 0.25) is 0 Å². The van der Waals surface area contributed by atoms with Crippen LogP contribution in [0.1, 0.15) is 17.8 Å². The van der Waals surface area contributed by atoms with Crippen molar-refractivity contribution < 1.29 is 4.74 Å². The van der Waals surface area contributed by atoms with Gasteiger partial charge in [0.15, 0.2) is 5.96 Å². The third-order valence-corrected chi connectivity index (χ3v) is 4.76. The van der Waals surface area contributed by atoms with E-state index in [1.807, 2.05) is 30.3 Å². The van der Waals surface area contributed by atoms with Crippen molar-refractivity contribution in [3.63, 3.8) is 0 Å². The SMILES string of the molecule is CN=C(NCCCc1nc2ccccc2[nH]1)NCC1Cc2ccccc2O1. The molecule has 0 spiro atoms. The van der Waals surface area contributed by atoms with Crippen molar-refractivity contribution in [2.24, 2.45) is 4.99 Å². The molecule has 2 aromatic carbocycles. The number of imidazole rings is 1. The average Bonchev–Trinajstić information content (AvgIpc) is 3.30. The predicted molar refractivity (Wildman–Crippen MR) is 108 cm³/mol. The summed E-state index contributed by atoms with van der Waals surface area (Å²) < 4.78 is 5.96. The second kappa shape index (κ2) is 8.12. The zero-order chi connectivity index (χ0) is 18.5. The highest BCUT2D eigenvalue weighted by Gasteiger charge is 2.22. The van der Waals surface area contributed by atoms with E-state index in [1.54, 1.807) is 7.05 Å². The molecule has 3 aromatic rings. The molecule has 3 N–H and O–H groups in total. The van der Waals surface area contributed by atoms with Crippen LogP contribution in [0.3, 0.4) is 0 Å². The lowest BCUT2D eigenvalue weighted by atomic mass is 10.1. The highest BCUT2D eigenvalue weighted by molar-refractivity contribution is 5.79. The molecule has 0 aliphatic carbocycles. The van der Waals surface area contributed by atoms with E-state index in [0.717, 1.165) is 60.9 Å². The number of benzene rings is 2. The number of aliphatic imine (C=N–C) groups is 1. The number of aromatic nitrogens is 2. The first-order valence-electron chi connectivity index (χ1n) is 9.44. The van der Waals surface area contributed by atoms with E-state index in [2.05, 4.69) is 43.8 Å². The molecule has 0 saturated heterocycles. The van der Waals surface area contributed by atoms with Crippen molar-refractivity contribution in [1.82, 2.24) is 20.6 Å². The van der Waals surface area contributed by atoms with Crippen LogP contribution >= 0.6 is 0 Å². The molecular weight excluding hydrogens is 338 g/mol. The first-order valence-corrected chi connectivity index (χ1v) is 9.44. The molecule has 1 aromatic heterocycles. The Morgan fingerprint density at radius 1 is 1.19 bits per heavy atom. The fraction of sp³-hybridized carbons (Fsp3) is 0.333. The van der Waals surface area contributed by atoms with Crippen molar-refractivity contribution in [3.05, 3.63) is 59.9 Å². The summed E-state index contributed by atoms with van der Waals surface area (Å²) in [5.41, 5.74) is 3.39. The topological polar surface area (TPSA) is 74.3 Å². The minimum absolute atomic E-state index is 0.150. The fourth-order valence-electron chi connectivity index (χ4n) is 3.39. The Labute approximate surface area is 159 Å². The second-order valence-corrected chi connectivity index (χ2v) is 6.74. The standard InChI is InChI=1S/C21H25N5O/c1-22-21(24-14-16-13-15-7-2-5-10-19(15)27-16)23-12-6-11-20-25-17-8-3-4-9-18(17)26-20/h2-5,7-10,16H,6,11-14H2,1H3,(H,25,26)(H2,22,23,24). The number of rotatable bonds is 6. The Bertz CT molecular complexity index is 875. The summed E-state index contributed by atoms with van der Waals surface area (Å²) in [4.78, 5) is 12.3. The molecule has 0 amide bonds. The lowest BCUT2D eigenvalue weighted by molar-refractivity contribution is 0.235. The van der Waals surface area contributed by atoms with Crippen LogP contribution in [0.25, 0.3) is 11.0 Å². The molecule has 1 aliphatic rings. The maximum absolute atomic E-state index is 5.96. The van der Waals surface area contributed by atoms with Gasteiger partial charge in [-0.25, -0.2) is 4.98 Å². The highest BCUT2D eigenvalue weighted by atomic mass is 16.5.